The van der Waals surface area contributed by atoms with Crippen LogP contribution in [0.25, 0.3) is 0 Å². The summed E-state index contributed by atoms with van der Waals surface area (Å²) >= 11 is 6.26. The summed E-state index contributed by atoms with van der Waals surface area (Å²) in [6, 6.07) is 14.9. The first-order valence-electron chi connectivity index (χ1n) is 7.35. The molecule has 5 heteroatoms. The lowest BCUT2D eigenvalue weighted by Crippen LogP contribution is -2.33. The number of benzene rings is 2. The summed E-state index contributed by atoms with van der Waals surface area (Å²) < 4.78 is 0. The molecular formula is C18H22Cl2N2O. The first-order valence-corrected chi connectivity index (χ1v) is 7.73. The van der Waals surface area contributed by atoms with Gasteiger partial charge in [0, 0.05) is 10.7 Å². The number of nitrogens with two attached hydrogens (primary N) is 1. The molecule has 0 aromatic heterocycles. The molecule has 2 aromatic carbocycles. The summed E-state index contributed by atoms with van der Waals surface area (Å²) in [5.41, 5.74) is 8.24. The Balaban J connectivity index is 0.00000264. The van der Waals surface area contributed by atoms with Crippen molar-refractivity contribution in [3.8, 4) is 0 Å². The van der Waals surface area contributed by atoms with Crippen molar-refractivity contribution in [3.63, 3.8) is 0 Å². The zero-order valence-corrected chi connectivity index (χ0v) is 14.8. The monoisotopic (exact) mass is 352 g/mol. The molecule has 0 heterocycles. The topological polar surface area (TPSA) is 55.1 Å². The molecule has 1 amide bonds. The Kier molecular flexibility index (Phi) is 7.40. The highest BCUT2D eigenvalue weighted by Gasteiger charge is 2.20. The summed E-state index contributed by atoms with van der Waals surface area (Å²) in [6.07, 6.45) is 0.327. The molecule has 0 saturated carbocycles. The van der Waals surface area contributed by atoms with Crippen molar-refractivity contribution in [2.75, 3.05) is 5.73 Å². The van der Waals surface area contributed by atoms with E-state index in [1.54, 1.807) is 12.1 Å². The molecule has 0 saturated heterocycles. The van der Waals surface area contributed by atoms with Crippen LogP contribution in [0.4, 0.5) is 5.69 Å². The van der Waals surface area contributed by atoms with Crippen LogP contribution in [0.5, 0.6) is 0 Å². The zero-order chi connectivity index (χ0) is 16.1. The van der Waals surface area contributed by atoms with Crippen LogP contribution in [0.15, 0.2) is 48.5 Å². The van der Waals surface area contributed by atoms with Crippen LogP contribution in [-0.4, -0.2) is 5.91 Å². The number of nitrogen functional groups attached to an aromatic ring is 1. The maximum absolute atomic E-state index is 12.3. The summed E-state index contributed by atoms with van der Waals surface area (Å²) in [5.74, 6) is 0.221. The number of halogens is 2. The maximum atomic E-state index is 12.3. The van der Waals surface area contributed by atoms with Gasteiger partial charge in [-0.25, -0.2) is 0 Å². The summed E-state index contributed by atoms with van der Waals surface area (Å²) in [5, 5.41) is 3.76. The predicted molar refractivity (Wildman–Crippen MR) is 99.0 cm³/mol. The minimum Gasteiger partial charge on any atom is -0.399 e. The van der Waals surface area contributed by atoms with Crippen molar-refractivity contribution in [2.45, 2.75) is 26.3 Å². The minimum absolute atomic E-state index is 0. The van der Waals surface area contributed by atoms with Crippen LogP contribution in [0, 0.1) is 5.92 Å². The van der Waals surface area contributed by atoms with Crippen molar-refractivity contribution in [3.05, 3.63) is 64.7 Å². The first kappa shape index (κ1) is 19.3. The lowest BCUT2D eigenvalue weighted by Gasteiger charge is -2.24. The third-order valence-corrected chi connectivity index (χ3v) is 3.91. The van der Waals surface area contributed by atoms with E-state index in [1.807, 2.05) is 36.4 Å². The number of nitrogens with one attached hydrogen (secondary N) is 1. The van der Waals surface area contributed by atoms with Gasteiger partial charge in [0.2, 0.25) is 5.91 Å². The number of rotatable bonds is 5. The van der Waals surface area contributed by atoms with Gasteiger partial charge in [-0.15, -0.1) is 12.4 Å². The van der Waals surface area contributed by atoms with Crippen molar-refractivity contribution in [1.29, 1.82) is 0 Å². The predicted octanol–water partition coefficient (Wildman–Crippen LogP) is 4.40. The van der Waals surface area contributed by atoms with Crippen LogP contribution < -0.4 is 11.1 Å². The first-order chi connectivity index (χ1) is 10.5. The average Bonchev–Trinajstić information content (AvgIpc) is 2.48. The molecule has 0 fully saturated rings. The van der Waals surface area contributed by atoms with Crippen molar-refractivity contribution in [1.82, 2.24) is 5.32 Å². The second-order valence-corrected chi connectivity index (χ2v) is 6.14. The number of hydrogen-bond acceptors (Lipinski definition) is 2. The second-order valence-electron chi connectivity index (χ2n) is 5.73. The highest BCUT2D eigenvalue weighted by atomic mass is 35.5. The number of anilines is 1. The van der Waals surface area contributed by atoms with Gasteiger partial charge in [-0.3, -0.25) is 4.79 Å². The van der Waals surface area contributed by atoms with E-state index >= 15 is 0 Å². The van der Waals surface area contributed by atoms with Gasteiger partial charge >= 0.3 is 0 Å². The molecule has 2 aromatic rings. The van der Waals surface area contributed by atoms with E-state index in [2.05, 4.69) is 19.2 Å². The van der Waals surface area contributed by atoms with E-state index in [0.29, 0.717) is 17.1 Å². The Labute approximate surface area is 148 Å². The van der Waals surface area contributed by atoms with E-state index in [4.69, 9.17) is 17.3 Å². The molecule has 23 heavy (non-hydrogen) atoms. The Bertz CT molecular complexity index is 642. The summed E-state index contributed by atoms with van der Waals surface area (Å²) in [7, 11) is 0. The molecule has 0 aliphatic rings. The fourth-order valence-corrected chi connectivity index (χ4v) is 2.63. The Hall–Kier alpha value is -1.71. The van der Waals surface area contributed by atoms with Gasteiger partial charge in [0.25, 0.3) is 0 Å². The number of carbonyl (C=O) groups excluding carboxylic acids is 1. The van der Waals surface area contributed by atoms with Gasteiger partial charge in [0.15, 0.2) is 0 Å². The normalized spacial score (nSPS) is 11.7. The van der Waals surface area contributed by atoms with Crippen LogP contribution in [0.3, 0.4) is 0 Å². The Morgan fingerprint density at radius 1 is 1.13 bits per heavy atom. The minimum atomic E-state index is -0.102. The SMILES string of the molecule is CC(C)C(NC(=O)Cc1ccc(N)cc1)c1ccccc1Cl.Cl. The highest BCUT2D eigenvalue weighted by Crippen LogP contribution is 2.28. The van der Waals surface area contributed by atoms with Gasteiger partial charge in [0.1, 0.15) is 0 Å². The quantitative estimate of drug-likeness (QED) is 0.783. The maximum Gasteiger partial charge on any atom is 0.224 e. The smallest absolute Gasteiger partial charge is 0.224 e. The molecule has 0 aliphatic heterocycles. The number of amides is 1. The van der Waals surface area contributed by atoms with Gasteiger partial charge in [-0.1, -0.05) is 55.8 Å². The lowest BCUT2D eigenvalue weighted by molar-refractivity contribution is -0.121. The van der Waals surface area contributed by atoms with Crippen molar-refractivity contribution >= 4 is 35.6 Å². The summed E-state index contributed by atoms with van der Waals surface area (Å²) in [4.78, 5) is 12.3. The molecule has 3 N–H and O–H groups in total. The van der Waals surface area contributed by atoms with E-state index in [9.17, 15) is 4.79 Å². The van der Waals surface area contributed by atoms with Crippen LogP contribution in [0.1, 0.15) is 31.0 Å². The molecule has 0 bridgehead atoms. The highest BCUT2D eigenvalue weighted by molar-refractivity contribution is 6.31. The van der Waals surface area contributed by atoms with Crippen LogP contribution in [-0.2, 0) is 11.2 Å². The number of carbonyl (C=O) groups is 1. The third kappa shape index (κ3) is 5.45. The van der Waals surface area contributed by atoms with Gasteiger partial charge in [-0.05, 0) is 35.2 Å². The fraction of sp³-hybridized carbons (Fsp3) is 0.278. The van der Waals surface area contributed by atoms with Crippen molar-refractivity contribution in [2.24, 2.45) is 5.92 Å². The fourth-order valence-electron chi connectivity index (χ4n) is 2.38. The molecule has 1 atom stereocenters. The summed E-state index contributed by atoms with van der Waals surface area (Å²) in [6.45, 7) is 4.13. The molecule has 0 spiro atoms. The molecular weight excluding hydrogens is 331 g/mol. The molecule has 124 valence electrons. The van der Waals surface area contributed by atoms with Crippen LogP contribution >= 0.6 is 24.0 Å². The molecule has 3 nitrogen and oxygen atoms in total. The van der Waals surface area contributed by atoms with E-state index in [0.717, 1.165) is 11.1 Å². The Morgan fingerprint density at radius 3 is 2.30 bits per heavy atom. The van der Waals surface area contributed by atoms with Gasteiger partial charge in [0.05, 0.1) is 12.5 Å². The van der Waals surface area contributed by atoms with E-state index in [-0.39, 0.29) is 30.3 Å². The zero-order valence-electron chi connectivity index (χ0n) is 13.3. The molecule has 1 unspecified atom stereocenters. The average molecular weight is 353 g/mol. The lowest BCUT2D eigenvalue weighted by atomic mass is 9.95. The third-order valence-electron chi connectivity index (χ3n) is 3.57. The second kappa shape index (κ2) is 8.80. The number of hydrogen-bond donors (Lipinski definition) is 2. The van der Waals surface area contributed by atoms with E-state index in [1.165, 1.54) is 0 Å². The van der Waals surface area contributed by atoms with Crippen LogP contribution in [0.2, 0.25) is 5.02 Å². The Morgan fingerprint density at radius 2 is 1.74 bits per heavy atom. The van der Waals surface area contributed by atoms with Crippen molar-refractivity contribution < 1.29 is 4.79 Å². The standard InChI is InChI=1S/C18H21ClN2O.ClH/c1-12(2)18(15-5-3-4-6-16(15)19)21-17(22)11-13-7-9-14(20)10-8-13;/h3-10,12,18H,11,20H2,1-2H3,(H,21,22);1H. The molecule has 2 rings (SSSR count). The van der Waals surface area contributed by atoms with Gasteiger partial charge < -0.3 is 11.1 Å². The van der Waals surface area contributed by atoms with E-state index < -0.39 is 0 Å². The molecule has 0 radical (unpaired) electrons. The molecule has 0 aliphatic carbocycles. The largest absolute Gasteiger partial charge is 0.399 e. The van der Waals surface area contributed by atoms with Gasteiger partial charge in [-0.2, -0.15) is 0 Å².